The van der Waals surface area contributed by atoms with Crippen molar-refractivity contribution in [2.75, 3.05) is 22.4 Å². The van der Waals surface area contributed by atoms with E-state index in [1.807, 2.05) is 26.8 Å². The van der Waals surface area contributed by atoms with Crippen molar-refractivity contribution in [1.82, 2.24) is 0 Å². The number of benzene rings is 2. The van der Waals surface area contributed by atoms with Crippen LogP contribution in [0.15, 0.2) is 36.4 Å². The van der Waals surface area contributed by atoms with Gasteiger partial charge in [-0.1, -0.05) is 32.9 Å². The highest BCUT2D eigenvalue weighted by atomic mass is 32.2. The summed E-state index contributed by atoms with van der Waals surface area (Å²) in [6.07, 6.45) is -0.0488. The van der Waals surface area contributed by atoms with Crippen molar-refractivity contribution in [3.63, 3.8) is 0 Å². The first-order chi connectivity index (χ1) is 14.3. The third kappa shape index (κ3) is 4.63. The Labute approximate surface area is 181 Å². The lowest BCUT2D eigenvalue weighted by Crippen LogP contribution is -2.48. The minimum Gasteiger partial charge on any atom is -0.476 e. The number of ether oxygens (including phenoxy) is 1. The third-order valence-electron chi connectivity index (χ3n) is 5.15. The van der Waals surface area contributed by atoms with E-state index in [2.05, 4.69) is 5.32 Å². The van der Waals surface area contributed by atoms with E-state index in [4.69, 9.17) is 4.74 Å². The first-order valence-corrected chi connectivity index (χ1v) is 11.5. The van der Waals surface area contributed by atoms with Crippen LogP contribution in [-0.2, 0) is 20.2 Å². The predicted molar refractivity (Wildman–Crippen MR) is 118 cm³/mol. The predicted octanol–water partition coefficient (Wildman–Crippen LogP) is 3.37. The average Bonchev–Trinajstić information content (AvgIpc) is 2.66. The highest BCUT2D eigenvalue weighted by Crippen LogP contribution is 2.39. The normalized spacial score (nSPS) is 16.3. The zero-order valence-corrected chi connectivity index (χ0v) is 18.8. The van der Waals surface area contributed by atoms with Gasteiger partial charge in [0.25, 0.3) is 11.6 Å². The molecule has 0 unspecified atom stereocenters. The molecule has 10 heteroatoms. The smallest absolute Gasteiger partial charge is 0.274 e. The summed E-state index contributed by atoms with van der Waals surface area (Å²) in [6, 6.07) is 9.61. The van der Waals surface area contributed by atoms with Crippen LogP contribution in [0.5, 0.6) is 5.75 Å². The molecule has 1 heterocycles. The molecule has 0 radical (unpaired) electrons. The molecule has 0 aliphatic carbocycles. The van der Waals surface area contributed by atoms with Crippen molar-refractivity contribution in [1.29, 1.82) is 0 Å². The molecule has 1 amide bonds. The molecule has 1 atom stereocenters. The van der Waals surface area contributed by atoms with Crippen LogP contribution in [0.4, 0.5) is 17.1 Å². The van der Waals surface area contributed by atoms with Gasteiger partial charge < -0.3 is 10.1 Å². The summed E-state index contributed by atoms with van der Waals surface area (Å²) in [5, 5.41) is 13.8. The van der Waals surface area contributed by atoms with Crippen LogP contribution in [0.2, 0.25) is 0 Å². The topological polar surface area (TPSA) is 119 Å². The number of sulfonamides is 1. The molecule has 9 nitrogen and oxygen atoms in total. The standard InChI is InChI=1S/C21H25N3O6S/c1-13-15(7-6-8-16(13)24(26)27)22-20(25)19-12-23(31(5,28)29)17-11-14(21(2,3)4)9-10-18(17)30-19/h6-11,19H,12H2,1-5H3,(H,22,25)/t19-/m1/s1. The van der Waals surface area contributed by atoms with E-state index in [0.717, 1.165) is 16.1 Å². The second-order valence-corrected chi connectivity index (χ2v) is 10.4. The van der Waals surface area contributed by atoms with Crippen LogP contribution < -0.4 is 14.4 Å². The number of fused-ring (bicyclic) bond motifs is 1. The average molecular weight is 448 g/mol. The number of nitrogens with one attached hydrogen (secondary N) is 1. The summed E-state index contributed by atoms with van der Waals surface area (Å²) in [4.78, 5) is 23.5. The van der Waals surface area contributed by atoms with Gasteiger partial charge in [0.15, 0.2) is 6.10 Å². The van der Waals surface area contributed by atoms with Gasteiger partial charge in [0, 0.05) is 6.07 Å². The SMILES string of the molecule is Cc1c(NC(=O)[C@H]2CN(S(C)(=O)=O)c3cc(C(C)(C)C)ccc3O2)cccc1[N+](=O)[O-]. The van der Waals surface area contributed by atoms with Crippen LogP contribution in [-0.4, -0.2) is 38.2 Å². The number of hydrogen-bond donors (Lipinski definition) is 1. The van der Waals surface area contributed by atoms with E-state index in [1.54, 1.807) is 18.2 Å². The summed E-state index contributed by atoms with van der Waals surface area (Å²) >= 11 is 0. The number of hydrogen-bond acceptors (Lipinski definition) is 6. The van der Waals surface area contributed by atoms with E-state index >= 15 is 0 Å². The molecule has 31 heavy (non-hydrogen) atoms. The molecular weight excluding hydrogens is 422 g/mol. The highest BCUT2D eigenvalue weighted by molar-refractivity contribution is 7.92. The van der Waals surface area contributed by atoms with Gasteiger partial charge in [0.05, 0.1) is 34.7 Å². The van der Waals surface area contributed by atoms with Crippen molar-refractivity contribution in [2.24, 2.45) is 0 Å². The van der Waals surface area contributed by atoms with Gasteiger partial charge in [-0.3, -0.25) is 19.2 Å². The summed E-state index contributed by atoms with van der Waals surface area (Å²) in [7, 11) is -3.68. The van der Waals surface area contributed by atoms with Crippen molar-refractivity contribution in [3.8, 4) is 5.75 Å². The zero-order chi connectivity index (χ0) is 23.1. The van der Waals surface area contributed by atoms with Gasteiger partial charge in [0.1, 0.15) is 5.75 Å². The number of nitro groups is 1. The minimum absolute atomic E-state index is 0.125. The molecule has 0 aromatic heterocycles. The maximum absolute atomic E-state index is 12.9. The molecule has 1 aliphatic rings. The van der Waals surface area contributed by atoms with E-state index in [-0.39, 0.29) is 29.1 Å². The molecule has 0 fully saturated rings. The van der Waals surface area contributed by atoms with Gasteiger partial charge in [-0.25, -0.2) is 8.42 Å². The second-order valence-electron chi connectivity index (χ2n) is 8.53. The summed E-state index contributed by atoms with van der Waals surface area (Å²) in [5.74, 6) is -0.316. The maximum Gasteiger partial charge on any atom is 0.274 e. The summed E-state index contributed by atoms with van der Waals surface area (Å²) < 4.78 is 31.9. The van der Waals surface area contributed by atoms with Crippen molar-refractivity contribution >= 4 is 33.0 Å². The Morgan fingerprint density at radius 2 is 1.94 bits per heavy atom. The monoisotopic (exact) mass is 447 g/mol. The molecule has 3 rings (SSSR count). The van der Waals surface area contributed by atoms with Crippen LogP contribution in [0.25, 0.3) is 0 Å². The number of amides is 1. The fourth-order valence-corrected chi connectivity index (χ4v) is 4.24. The number of nitro benzene ring substituents is 1. The van der Waals surface area contributed by atoms with Gasteiger partial charge in [-0.2, -0.15) is 0 Å². The number of carbonyl (C=O) groups is 1. The quantitative estimate of drug-likeness (QED) is 0.567. The van der Waals surface area contributed by atoms with Gasteiger partial charge in [0.2, 0.25) is 10.0 Å². The van der Waals surface area contributed by atoms with Crippen molar-refractivity contribution in [3.05, 3.63) is 57.6 Å². The number of carbonyl (C=O) groups excluding carboxylic acids is 1. The van der Waals surface area contributed by atoms with Gasteiger partial charge >= 0.3 is 0 Å². The third-order valence-corrected chi connectivity index (χ3v) is 6.29. The Morgan fingerprint density at radius 1 is 1.26 bits per heavy atom. The van der Waals surface area contributed by atoms with Crippen molar-refractivity contribution < 1.29 is 22.9 Å². The first kappa shape index (κ1) is 22.5. The lowest BCUT2D eigenvalue weighted by Gasteiger charge is -2.35. The molecule has 0 spiro atoms. The van der Waals surface area contributed by atoms with Crippen molar-refractivity contribution in [2.45, 2.75) is 39.2 Å². The Kier molecular flexibility index (Phi) is 5.70. The summed E-state index contributed by atoms with van der Waals surface area (Å²) in [5.41, 5.74) is 1.55. The van der Waals surface area contributed by atoms with Crippen LogP contribution in [0.3, 0.4) is 0 Å². The molecule has 1 aliphatic heterocycles. The fourth-order valence-electron chi connectivity index (χ4n) is 3.34. The molecular formula is C21H25N3O6S. The Bertz CT molecular complexity index is 1150. The highest BCUT2D eigenvalue weighted by Gasteiger charge is 2.36. The molecule has 166 valence electrons. The summed E-state index contributed by atoms with van der Waals surface area (Å²) in [6.45, 7) is 7.36. The minimum atomic E-state index is -3.68. The Hall–Kier alpha value is -3.14. The number of nitrogens with zero attached hydrogens (tertiary/aromatic N) is 2. The molecule has 2 aromatic carbocycles. The molecule has 2 aromatic rings. The zero-order valence-electron chi connectivity index (χ0n) is 18.0. The van der Waals surface area contributed by atoms with E-state index in [1.165, 1.54) is 19.1 Å². The first-order valence-electron chi connectivity index (χ1n) is 9.63. The van der Waals surface area contributed by atoms with Crippen LogP contribution >= 0.6 is 0 Å². The van der Waals surface area contributed by atoms with Crippen LogP contribution in [0.1, 0.15) is 31.9 Å². The van der Waals surface area contributed by atoms with E-state index < -0.39 is 27.0 Å². The number of anilines is 2. The lowest BCUT2D eigenvalue weighted by atomic mass is 9.86. The molecule has 1 N–H and O–H groups in total. The second kappa shape index (κ2) is 7.84. The fraction of sp³-hybridized carbons (Fsp3) is 0.381. The Morgan fingerprint density at radius 3 is 2.52 bits per heavy atom. The molecule has 0 saturated carbocycles. The largest absolute Gasteiger partial charge is 0.476 e. The Balaban J connectivity index is 1.94. The van der Waals surface area contributed by atoms with Gasteiger partial charge in [-0.15, -0.1) is 0 Å². The van der Waals surface area contributed by atoms with Crippen LogP contribution in [0, 0.1) is 17.0 Å². The van der Waals surface area contributed by atoms with E-state index in [9.17, 15) is 23.3 Å². The number of rotatable bonds is 4. The molecule has 0 bridgehead atoms. The van der Waals surface area contributed by atoms with Gasteiger partial charge in [-0.05, 0) is 36.1 Å². The van der Waals surface area contributed by atoms with E-state index in [0.29, 0.717) is 11.3 Å². The lowest BCUT2D eigenvalue weighted by molar-refractivity contribution is -0.385. The molecule has 0 saturated heterocycles. The maximum atomic E-state index is 12.9.